The number of unbranched alkanes of at least 4 members (excludes halogenated alkanes) is 1. The van der Waals surface area contributed by atoms with Crippen molar-refractivity contribution in [2.45, 2.75) is 50.5 Å². The molecule has 9 heteroatoms. The normalized spacial score (nSPS) is 16.0. The molecule has 4 rings (SSSR count). The van der Waals surface area contributed by atoms with E-state index in [2.05, 4.69) is 36.0 Å². The van der Waals surface area contributed by atoms with E-state index in [-0.39, 0.29) is 29.8 Å². The number of nitrogens with zero attached hydrogens (tertiary/aromatic N) is 3. The highest BCUT2D eigenvalue weighted by atomic mass is 35.5. The fourth-order valence-corrected chi connectivity index (χ4v) is 6.96. The number of aromatic nitrogens is 1. The van der Waals surface area contributed by atoms with Gasteiger partial charge in [-0.2, -0.15) is 9.30 Å². The van der Waals surface area contributed by atoms with Gasteiger partial charge >= 0.3 is 0 Å². The standard InChI is InChI=1S/C26H28ClN3O3S2/c1-3-5-6-19-7-12-23-24(18-19)34-26(30(23)15-4-2)28-25(31)20-13-16-29(17-14-20)35(32,33)22-10-8-21(27)9-11-22/h2,7-12,18,20H,3,5-6,13-17H2,1H3. The van der Waals surface area contributed by atoms with Gasteiger partial charge in [-0.15, -0.1) is 6.42 Å². The maximum Gasteiger partial charge on any atom is 0.251 e. The van der Waals surface area contributed by atoms with E-state index >= 15 is 0 Å². The Bertz CT molecular complexity index is 1430. The molecule has 1 aromatic heterocycles. The summed E-state index contributed by atoms with van der Waals surface area (Å²) < 4.78 is 30.2. The van der Waals surface area contributed by atoms with Crippen molar-refractivity contribution < 1.29 is 13.2 Å². The van der Waals surface area contributed by atoms with Gasteiger partial charge in [0, 0.05) is 24.0 Å². The Morgan fingerprint density at radius 3 is 2.57 bits per heavy atom. The molecule has 0 saturated carbocycles. The number of sulfonamides is 1. The third kappa shape index (κ3) is 5.70. The predicted octanol–water partition coefficient (Wildman–Crippen LogP) is 4.86. The highest BCUT2D eigenvalue weighted by Gasteiger charge is 2.32. The van der Waals surface area contributed by atoms with Crippen LogP contribution < -0.4 is 4.80 Å². The number of thiazole rings is 1. The van der Waals surface area contributed by atoms with Crippen LogP contribution >= 0.6 is 22.9 Å². The van der Waals surface area contributed by atoms with Crippen molar-refractivity contribution >= 4 is 49.1 Å². The number of fused-ring (bicyclic) bond motifs is 1. The van der Waals surface area contributed by atoms with Crippen molar-refractivity contribution in [1.82, 2.24) is 8.87 Å². The Labute approximate surface area is 215 Å². The zero-order valence-corrected chi connectivity index (χ0v) is 22.0. The van der Waals surface area contributed by atoms with Crippen LogP contribution in [-0.4, -0.2) is 36.3 Å². The smallest absolute Gasteiger partial charge is 0.251 e. The summed E-state index contributed by atoms with van der Waals surface area (Å²) in [6.45, 7) is 3.05. The molecule has 35 heavy (non-hydrogen) atoms. The molecule has 1 aliphatic rings. The quantitative estimate of drug-likeness (QED) is 0.410. The number of piperidine rings is 1. The molecule has 1 fully saturated rings. The first-order chi connectivity index (χ1) is 16.8. The summed E-state index contributed by atoms with van der Waals surface area (Å²) in [5, 5.41) is 0.482. The topological polar surface area (TPSA) is 71.7 Å². The summed E-state index contributed by atoms with van der Waals surface area (Å²) in [5.74, 6) is 2.11. The first-order valence-corrected chi connectivity index (χ1v) is 14.4. The first-order valence-electron chi connectivity index (χ1n) is 11.7. The van der Waals surface area contributed by atoms with Crippen LogP contribution in [-0.2, 0) is 27.8 Å². The van der Waals surface area contributed by atoms with Crippen molar-refractivity contribution in [3.8, 4) is 12.3 Å². The van der Waals surface area contributed by atoms with Crippen LogP contribution in [0.1, 0.15) is 38.2 Å². The van der Waals surface area contributed by atoms with Crippen molar-refractivity contribution in [1.29, 1.82) is 0 Å². The lowest BCUT2D eigenvalue weighted by Crippen LogP contribution is -2.40. The van der Waals surface area contributed by atoms with Gasteiger partial charge in [-0.1, -0.05) is 48.3 Å². The number of carbonyl (C=O) groups excluding carboxylic acids is 1. The molecule has 0 bridgehead atoms. The minimum atomic E-state index is -3.62. The molecular weight excluding hydrogens is 502 g/mol. The molecule has 0 unspecified atom stereocenters. The Hall–Kier alpha value is -2.44. The molecule has 6 nitrogen and oxygen atoms in total. The van der Waals surface area contributed by atoms with E-state index in [1.165, 1.54) is 33.3 Å². The van der Waals surface area contributed by atoms with Gasteiger partial charge in [0.2, 0.25) is 10.0 Å². The summed E-state index contributed by atoms with van der Waals surface area (Å²) >= 11 is 7.35. The van der Waals surface area contributed by atoms with Crippen LogP contribution in [0.3, 0.4) is 0 Å². The molecular formula is C26H28ClN3O3S2. The number of terminal acetylenes is 1. The van der Waals surface area contributed by atoms with Gasteiger partial charge in [0.05, 0.1) is 21.7 Å². The van der Waals surface area contributed by atoms with Gasteiger partial charge in [0.25, 0.3) is 5.91 Å². The average molecular weight is 530 g/mol. The van der Waals surface area contributed by atoms with E-state index < -0.39 is 10.0 Å². The van der Waals surface area contributed by atoms with Gasteiger partial charge in [-0.05, 0) is 67.6 Å². The minimum absolute atomic E-state index is 0.204. The number of rotatable bonds is 7. The van der Waals surface area contributed by atoms with Gasteiger partial charge < -0.3 is 4.57 Å². The fraction of sp³-hybridized carbons (Fsp3) is 0.385. The van der Waals surface area contributed by atoms with E-state index in [4.69, 9.17) is 18.0 Å². The molecule has 2 heterocycles. The van der Waals surface area contributed by atoms with Gasteiger partial charge in [0.15, 0.2) is 4.80 Å². The van der Waals surface area contributed by atoms with E-state index in [1.807, 2.05) is 4.57 Å². The van der Waals surface area contributed by atoms with Crippen LogP contribution in [0.4, 0.5) is 0 Å². The summed E-state index contributed by atoms with van der Waals surface area (Å²) in [6.07, 6.45) is 9.73. The van der Waals surface area contributed by atoms with E-state index in [0.717, 1.165) is 29.5 Å². The molecule has 0 radical (unpaired) electrons. The average Bonchev–Trinajstić information content (AvgIpc) is 3.19. The summed E-state index contributed by atoms with van der Waals surface area (Å²) in [5.41, 5.74) is 2.24. The monoisotopic (exact) mass is 529 g/mol. The zero-order chi connectivity index (χ0) is 25.0. The Morgan fingerprint density at radius 1 is 1.20 bits per heavy atom. The molecule has 0 aliphatic carbocycles. The largest absolute Gasteiger partial charge is 0.305 e. The number of benzene rings is 2. The molecule has 1 saturated heterocycles. The summed E-state index contributed by atoms with van der Waals surface area (Å²) in [7, 11) is -3.62. The SMILES string of the molecule is C#CCn1c(=NC(=O)C2CCN(S(=O)(=O)c3ccc(Cl)cc3)CC2)sc2cc(CCCC)ccc21. The third-order valence-corrected chi connectivity index (χ3v) is 9.48. The third-order valence-electron chi connectivity index (χ3n) is 6.28. The maximum absolute atomic E-state index is 13.1. The van der Waals surface area contributed by atoms with Crippen LogP contribution in [0.2, 0.25) is 5.02 Å². The highest BCUT2D eigenvalue weighted by molar-refractivity contribution is 7.89. The lowest BCUT2D eigenvalue weighted by molar-refractivity contribution is -0.122. The van der Waals surface area contributed by atoms with Crippen LogP contribution in [0.5, 0.6) is 0 Å². The second-order valence-corrected chi connectivity index (χ2v) is 12.0. The van der Waals surface area contributed by atoms with Crippen LogP contribution in [0.25, 0.3) is 10.2 Å². The molecule has 0 atom stereocenters. The minimum Gasteiger partial charge on any atom is -0.305 e. The number of halogens is 1. The number of amides is 1. The van der Waals surface area contributed by atoms with Crippen molar-refractivity contribution in [3.05, 3.63) is 57.9 Å². The van der Waals surface area contributed by atoms with Gasteiger partial charge in [-0.3, -0.25) is 4.79 Å². The molecule has 1 amide bonds. The molecule has 2 aromatic carbocycles. The van der Waals surface area contributed by atoms with Crippen LogP contribution in [0.15, 0.2) is 52.4 Å². The van der Waals surface area contributed by atoms with Crippen molar-refractivity contribution in [3.63, 3.8) is 0 Å². The molecule has 0 N–H and O–H groups in total. The molecule has 3 aromatic rings. The van der Waals surface area contributed by atoms with E-state index in [9.17, 15) is 13.2 Å². The Balaban J connectivity index is 1.52. The van der Waals surface area contributed by atoms with Crippen molar-refractivity contribution in [2.24, 2.45) is 10.9 Å². The van der Waals surface area contributed by atoms with Gasteiger partial charge in [-0.25, -0.2) is 8.42 Å². The number of hydrogen-bond donors (Lipinski definition) is 0. The number of aryl methyl sites for hydroxylation is 1. The second-order valence-electron chi connectivity index (χ2n) is 8.66. The summed E-state index contributed by atoms with van der Waals surface area (Å²) in [6, 6.07) is 12.5. The Kier molecular flexibility index (Phi) is 8.12. The number of hydrogen-bond acceptors (Lipinski definition) is 4. The first kappa shape index (κ1) is 25.6. The molecule has 1 aliphatic heterocycles. The van der Waals surface area contributed by atoms with Crippen molar-refractivity contribution in [2.75, 3.05) is 13.1 Å². The highest BCUT2D eigenvalue weighted by Crippen LogP contribution is 2.26. The lowest BCUT2D eigenvalue weighted by atomic mass is 9.98. The number of carbonyl (C=O) groups is 1. The van der Waals surface area contributed by atoms with Gasteiger partial charge in [0.1, 0.15) is 0 Å². The second kappa shape index (κ2) is 11.1. The van der Waals surface area contributed by atoms with Crippen LogP contribution in [0, 0.1) is 18.3 Å². The zero-order valence-electron chi connectivity index (χ0n) is 19.6. The summed E-state index contributed by atoms with van der Waals surface area (Å²) in [4.78, 5) is 18.3. The molecule has 184 valence electrons. The fourth-order valence-electron chi connectivity index (χ4n) is 4.27. The van der Waals surface area contributed by atoms with E-state index in [1.54, 1.807) is 12.1 Å². The lowest BCUT2D eigenvalue weighted by Gasteiger charge is -2.29. The molecule has 0 spiro atoms. The van der Waals surface area contributed by atoms with E-state index in [0.29, 0.717) is 29.2 Å². The Morgan fingerprint density at radius 2 is 1.91 bits per heavy atom. The predicted molar refractivity (Wildman–Crippen MR) is 141 cm³/mol. The maximum atomic E-state index is 13.1.